The molecule has 5 rings (SSSR count). The van der Waals surface area contributed by atoms with Gasteiger partial charge in [-0.25, -0.2) is 4.79 Å². The highest BCUT2D eigenvalue weighted by Gasteiger charge is 2.30. The van der Waals surface area contributed by atoms with Crippen LogP contribution in [0.25, 0.3) is 0 Å². The third-order valence-electron chi connectivity index (χ3n) is 7.43. The predicted octanol–water partition coefficient (Wildman–Crippen LogP) is 1.81. The van der Waals surface area contributed by atoms with E-state index in [1.54, 1.807) is 18.2 Å². The number of morpholine rings is 1. The molecule has 2 aromatic carbocycles. The molecule has 1 aromatic heterocycles. The zero-order valence-electron chi connectivity index (χ0n) is 22.6. The molecule has 0 saturated carbocycles. The molecule has 41 heavy (non-hydrogen) atoms. The molecule has 0 radical (unpaired) electrons. The van der Waals surface area contributed by atoms with Gasteiger partial charge in [0.15, 0.2) is 0 Å². The summed E-state index contributed by atoms with van der Waals surface area (Å²) in [7, 11) is 0. The number of carbonyl (C=O) groups is 3. The molecule has 2 aliphatic heterocycles. The van der Waals surface area contributed by atoms with E-state index in [-0.39, 0.29) is 28.8 Å². The van der Waals surface area contributed by atoms with Gasteiger partial charge < -0.3 is 25.8 Å². The number of likely N-dealkylation sites (tertiary alicyclic amines) is 1. The Hall–Kier alpha value is -4.55. The number of amides is 1. The number of nitrogens with two attached hydrogens (primary N) is 1. The summed E-state index contributed by atoms with van der Waals surface area (Å²) in [5.74, 6) is -0.992. The minimum atomic E-state index is -1.12. The van der Waals surface area contributed by atoms with Crippen molar-refractivity contribution in [3.05, 3.63) is 82.5 Å². The minimum Gasteiger partial charge on any atom is -0.478 e. The number of carboxylic acid groups (broad SMARTS) is 1. The van der Waals surface area contributed by atoms with E-state index in [4.69, 9.17) is 15.9 Å². The Morgan fingerprint density at radius 2 is 1.76 bits per heavy atom. The Morgan fingerprint density at radius 3 is 2.46 bits per heavy atom. The molecular weight excluding hydrogens is 526 g/mol. The Kier molecular flexibility index (Phi) is 8.41. The molecule has 0 bridgehead atoms. The first-order valence-corrected chi connectivity index (χ1v) is 13.5. The van der Waals surface area contributed by atoms with Crippen LogP contribution in [0.15, 0.2) is 54.6 Å². The SMILES string of the molecule is N=C(N)c1ccc(CNc2cc(C3CCN(CC(=O)N4CCOCC4)C3)nn2C(=O)c2cccc(C(=O)O)c2)cc1. The fourth-order valence-electron chi connectivity index (χ4n) is 5.10. The highest BCUT2D eigenvalue weighted by molar-refractivity contribution is 5.99. The van der Waals surface area contributed by atoms with Crippen molar-refractivity contribution >= 4 is 29.4 Å². The standard InChI is InChI=1S/C29H33N7O5/c30-27(31)20-6-4-19(5-7-20)16-32-25-15-24(33-36(25)28(38)21-2-1-3-22(14-21)29(39)40)23-8-9-34(17-23)18-26(37)35-10-12-41-13-11-35/h1-7,14-15,23,32H,8-13,16-18H2,(H3,30,31)(H,39,40). The molecule has 2 fully saturated rings. The van der Waals surface area contributed by atoms with E-state index in [2.05, 4.69) is 15.3 Å². The first kappa shape index (κ1) is 28.0. The second-order valence-electron chi connectivity index (χ2n) is 10.2. The number of hydrogen-bond donors (Lipinski definition) is 4. The average Bonchev–Trinajstić information content (AvgIpc) is 3.63. The largest absolute Gasteiger partial charge is 0.478 e. The van der Waals surface area contributed by atoms with Gasteiger partial charge in [0.2, 0.25) is 5.91 Å². The fourth-order valence-corrected chi connectivity index (χ4v) is 5.10. The maximum atomic E-state index is 13.5. The highest BCUT2D eigenvalue weighted by Crippen LogP contribution is 2.29. The summed E-state index contributed by atoms with van der Waals surface area (Å²) < 4.78 is 6.63. The Labute approximate surface area is 237 Å². The molecule has 12 nitrogen and oxygen atoms in total. The quantitative estimate of drug-likeness (QED) is 0.226. The van der Waals surface area contributed by atoms with Gasteiger partial charge in [-0.2, -0.15) is 9.78 Å². The van der Waals surface area contributed by atoms with Crippen molar-refractivity contribution in [1.29, 1.82) is 5.41 Å². The summed E-state index contributed by atoms with van der Waals surface area (Å²) in [6, 6.07) is 14.9. The van der Waals surface area contributed by atoms with Crippen LogP contribution in [0.5, 0.6) is 0 Å². The molecule has 1 amide bonds. The van der Waals surface area contributed by atoms with E-state index in [1.165, 1.54) is 22.9 Å². The van der Waals surface area contributed by atoms with Crippen LogP contribution in [0.3, 0.4) is 0 Å². The van der Waals surface area contributed by atoms with E-state index >= 15 is 0 Å². The number of rotatable bonds is 9. The molecule has 0 spiro atoms. The van der Waals surface area contributed by atoms with E-state index in [0.717, 1.165) is 24.2 Å². The number of carbonyl (C=O) groups excluding carboxylic acids is 2. The smallest absolute Gasteiger partial charge is 0.335 e. The van der Waals surface area contributed by atoms with E-state index in [1.807, 2.05) is 23.1 Å². The maximum absolute atomic E-state index is 13.5. The zero-order chi connectivity index (χ0) is 28.9. The number of nitrogens with zero attached hydrogens (tertiary/aromatic N) is 4. The van der Waals surface area contributed by atoms with E-state index < -0.39 is 11.9 Å². The summed E-state index contributed by atoms with van der Waals surface area (Å²) in [5.41, 5.74) is 8.03. The van der Waals surface area contributed by atoms with Crippen molar-refractivity contribution in [2.75, 3.05) is 51.3 Å². The lowest BCUT2D eigenvalue weighted by molar-refractivity contribution is -0.136. The van der Waals surface area contributed by atoms with Crippen LogP contribution in [0.2, 0.25) is 0 Å². The number of anilines is 1. The number of carboxylic acids is 1. The highest BCUT2D eigenvalue weighted by atomic mass is 16.5. The molecule has 12 heteroatoms. The van der Waals surface area contributed by atoms with E-state index in [9.17, 15) is 19.5 Å². The molecule has 0 aliphatic carbocycles. The number of hydrogen-bond acceptors (Lipinski definition) is 8. The summed E-state index contributed by atoms with van der Waals surface area (Å²) in [6.07, 6.45) is 0.794. The summed E-state index contributed by atoms with van der Waals surface area (Å²) in [6.45, 7) is 4.44. The number of aromatic carboxylic acids is 1. The molecule has 214 valence electrons. The summed E-state index contributed by atoms with van der Waals surface area (Å²) in [4.78, 5) is 41.7. The lowest BCUT2D eigenvalue weighted by Gasteiger charge is -2.28. The molecular formula is C29H33N7O5. The van der Waals surface area contributed by atoms with Crippen molar-refractivity contribution < 1.29 is 24.2 Å². The van der Waals surface area contributed by atoms with Crippen LogP contribution in [-0.2, 0) is 16.1 Å². The number of nitrogens with one attached hydrogen (secondary N) is 2. The van der Waals surface area contributed by atoms with Gasteiger partial charge in [0, 0.05) is 49.3 Å². The van der Waals surface area contributed by atoms with Crippen LogP contribution in [-0.4, -0.2) is 94.2 Å². The van der Waals surface area contributed by atoms with Gasteiger partial charge in [-0.3, -0.25) is 19.9 Å². The van der Waals surface area contributed by atoms with Crippen molar-refractivity contribution in [2.45, 2.75) is 18.9 Å². The van der Waals surface area contributed by atoms with Crippen molar-refractivity contribution in [2.24, 2.45) is 5.73 Å². The Bertz CT molecular complexity index is 1450. The topological polar surface area (TPSA) is 167 Å². The molecule has 3 aromatic rings. The molecule has 2 saturated heterocycles. The fraction of sp³-hybridized carbons (Fsp3) is 0.345. The van der Waals surface area contributed by atoms with Gasteiger partial charge in [-0.05, 0) is 36.7 Å². The van der Waals surface area contributed by atoms with Gasteiger partial charge in [0.1, 0.15) is 11.7 Å². The third kappa shape index (κ3) is 6.61. The first-order valence-electron chi connectivity index (χ1n) is 13.5. The number of amidine groups is 1. The number of benzene rings is 2. The second kappa shape index (κ2) is 12.3. The summed E-state index contributed by atoms with van der Waals surface area (Å²) in [5, 5.41) is 24.9. The lowest BCUT2D eigenvalue weighted by atomic mass is 10.1. The number of ether oxygens (including phenoxy) is 1. The average molecular weight is 560 g/mol. The van der Waals surface area contributed by atoms with Gasteiger partial charge >= 0.3 is 5.97 Å². The zero-order valence-corrected chi connectivity index (χ0v) is 22.6. The minimum absolute atomic E-state index is 0.0136. The van der Waals surface area contributed by atoms with Crippen molar-refractivity contribution in [1.82, 2.24) is 19.6 Å². The predicted molar refractivity (Wildman–Crippen MR) is 151 cm³/mol. The normalized spacial score (nSPS) is 17.4. The van der Waals surface area contributed by atoms with Crippen LogP contribution in [0, 0.1) is 5.41 Å². The van der Waals surface area contributed by atoms with Crippen LogP contribution < -0.4 is 11.1 Å². The van der Waals surface area contributed by atoms with Gasteiger partial charge in [0.05, 0.1) is 31.0 Å². The Balaban J connectivity index is 1.34. The van der Waals surface area contributed by atoms with E-state index in [0.29, 0.717) is 57.3 Å². The number of nitrogen functional groups attached to an aromatic ring is 1. The van der Waals surface area contributed by atoms with Crippen molar-refractivity contribution in [3.8, 4) is 0 Å². The van der Waals surface area contributed by atoms with Crippen molar-refractivity contribution in [3.63, 3.8) is 0 Å². The molecule has 3 heterocycles. The molecule has 2 aliphatic rings. The first-order chi connectivity index (χ1) is 19.8. The Morgan fingerprint density at radius 1 is 1.02 bits per heavy atom. The monoisotopic (exact) mass is 559 g/mol. The van der Waals surface area contributed by atoms with Crippen LogP contribution in [0.4, 0.5) is 5.82 Å². The van der Waals surface area contributed by atoms with Crippen LogP contribution >= 0.6 is 0 Å². The molecule has 1 unspecified atom stereocenters. The third-order valence-corrected chi connectivity index (χ3v) is 7.43. The number of aromatic nitrogens is 2. The lowest BCUT2D eigenvalue weighted by Crippen LogP contribution is -2.45. The molecule has 1 atom stereocenters. The van der Waals surface area contributed by atoms with Gasteiger partial charge in [-0.1, -0.05) is 30.3 Å². The summed E-state index contributed by atoms with van der Waals surface area (Å²) >= 11 is 0. The second-order valence-corrected chi connectivity index (χ2v) is 10.2. The van der Waals surface area contributed by atoms with Crippen LogP contribution in [0.1, 0.15) is 49.9 Å². The van der Waals surface area contributed by atoms with Gasteiger partial charge in [0.25, 0.3) is 5.91 Å². The van der Waals surface area contributed by atoms with Gasteiger partial charge in [-0.15, -0.1) is 0 Å². The molecule has 5 N–H and O–H groups in total. The maximum Gasteiger partial charge on any atom is 0.335 e.